The van der Waals surface area contributed by atoms with Crippen molar-refractivity contribution in [3.05, 3.63) is 70.8 Å². The van der Waals surface area contributed by atoms with Crippen LogP contribution in [-0.4, -0.2) is 44.3 Å². The van der Waals surface area contributed by atoms with E-state index in [1.807, 2.05) is 24.4 Å². The van der Waals surface area contributed by atoms with Gasteiger partial charge in [-0.15, -0.1) is 21.5 Å². The molecule has 0 spiro atoms. The van der Waals surface area contributed by atoms with Crippen LogP contribution in [0.25, 0.3) is 32.0 Å². The molecule has 8 rings (SSSR count). The second kappa shape index (κ2) is 14.5. The number of nitrogens with zero attached hydrogens (tertiary/aromatic N) is 5. The van der Waals surface area contributed by atoms with E-state index >= 15 is 0 Å². The maximum Gasteiger partial charge on any atom is 0.254 e. The number of nitrogens with two attached hydrogens (primary N) is 1. The Morgan fingerprint density at radius 2 is 1.85 bits per heavy atom. The fourth-order valence-corrected chi connectivity index (χ4v) is 7.34. The van der Waals surface area contributed by atoms with Crippen LogP contribution < -0.4 is 11.1 Å². The van der Waals surface area contributed by atoms with Crippen molar-refractivity contribution in [2.45, 2.75) is 78.7 Å². The van der Waals surface area contributed by atoms with Crippen molar-refractivity contribution in [2.24, 2.45) is 5.92 Å². The number of anilines is 1. The number of hydrogen-bond acceptors (Lipinski definition) is 10. The van der Waals surface area contributed by atoms with Gasteiger partial charge in [-0.05, 0) is 80.0 Å². The molecule has 0 bridgehead atoms. The smallest absolute Gasteiger partial charge is 0.254 e. The van der Waals surface area contributed by atoms with E-state index in [-0.39, 0.29) is 5.91 Å². The number of ether oxygens (including phenoxy) is 1. The van der Waals surface area contributed by atoms with Crippen LogP contribution in [0.2, 0.25) is 0 Å². The van der Waals surface area contributed by atoms with E-state index in [4.69, 9.17) is 19.9 Å². The van der Waals surface area contributed by atoms with Gasteiger partial charge in [0.25, 0.3) is 5.91 Å². The van der Waals surface area contributed by atoms with Crippen molar-refractivity contribution < 1.29 is 13.9 Å². The molecule has 3 N–H and O–H groups in total. The zero-order chi connectivity index (χ0) is 32.0. The third-order valence-electron chi connectivity index (χ3n) is 8.41. The largest absolute Gasteiger partial charge is 0.421 e. The molecule has 3 aliphatic rings. The lowest BCUT2D eigenvalue weighted by molar-refractivity contribution is 0.0639. The van der Waals surface area contributed by atoms with Crippen LogP contribution in [0.1, 0.15) is 84.8 Å². The van der Waals surface area contributed by atoms with Crippen LogP contribution >= 0.6 is 11.3 Å². The van der Waals surface area contributed by atoms with E-state index in [1.165, 1.54) is 48.3 Å². The minimum absolute atomic E-state index is 0.144. The monoisotopic (exact) mass is 639 g/mol. The number of rotatable bonds is 5. The number of hydrogen-bond donors (Lipinski definition) is 2. The second-order valence-electron chi connectivity index (χ2n) is 11.9. The standard InChI is InChI=1S/C24H24N6O3S.C8H9N.C3H8/c1-12-29-30-24(33-12)19-15(3-2-13-5-8-32-9-6-13)28-16-11-27-23(31)18(16)20(19)17-10-14-4-7-26-22(25)21(14)34-17;1-3-7-4-2-6-9-8(7)5-1;1-3-2/h4,7,10,13H,2-3,5-6,8-9,11H2,1H3,(H2,25,26)(H,27,31);2,4,6H,1,3,5H2;3H2,1-2H3. The fourth-order valence-electron chi connectivity index (χ4n) is 6.22. The minimum atomic E-state index is -0.144. The lowest BCUT2D eigenvalue weighted by Crippen LogP contribution is -2.17. The number of pyridine rings is 3. The Bertz CT molecular complexity index is 1800. The highest BCUT2D eigenvalue weighted by molar-refractivity contribution is 7.22. The van der Waals surface area contributed by atoms with E-state index in [0.29, 0.717) is 35.6 Å². The molecule has 1 fully saturated rings. The fraction of sp³-hybridized carbons (Fsp3) is 0.429. The molecule has 46 heavy (non-hydrogen) atoms. The van der Waals surface area contributed by atoms with E-state index in [9.17, 15) is 4.79 Å². The van der Waals surface area contributed by atoms with Gasteiger partial charge in [-0.2, -0.15) is 0 Å². The number of fused-ring (bicyclic) bond motifs is 3. The number of carbonyl (C=O) groups excluding carboxylic acids is 1. The molecular formula is C35H41N7O3S. The second-order valence-corrected chi connectivity index (χ2v) is 13.0. The summed E-state index contributed by atoms with van der Waals surface area (Å²) in [6, 6.07) is 8.17. The van der Waals surface area contributed by atoms with Crippen LogP contribution in [0.5, 0.6) is 0 Å². The summed E-state index contributed by atoms with van der Waals surface area (Å²) in [5, 5.41) is 12.3. The summed E-state index contributed by atoms with van der Waals surface area (Å²) in [6.45, 7) is 8.03. The first-order valence-electron chi connectivity index (χ1n) is 16.3. The molecule has 10 nitrogen and oxygen atoms in total. The summed E-state index contributed by atoms with van der Waals surface area (Å²) in [6.07, 6.45) is 12.4. The van der Waals surface area contributed by atoms with Gasteiger partial charge in [-0.25, -0.2) is 4.98 Å². The number of carbonyl (C=O) groups is 1. The highest BCUT2D eigenvalue weighted by Gasteiger charge is 2.33. The van der Waals surface area contributed by atoms with Gasteiger partial charge < -0.3 is 20.2 Å². The molecule has 0 saturated carbocycles. The SMILES string of the molecule is CCC.Cc1nnc(-c2c(CCC3CCOCC3)nc3c(c2-c2cc4ccnc(N)c4s2)C(=O)NC3)o1.c1cnc2c(c1)CCC2. The van der Waals surface area contributed by atoms with Gasteiger partial charge >= 0.3 is 0 Å². The van der Waals surface area contributed by atoms with Crippen molar-refractivity contribution in [3.63, 3.8) is 0 Å². The molecule has 2 aliphatic heterocycles. The maximum absolute atomic E-state index is 13.0. The quantitative estimate of drug-likeness (QED) is 0.210. The van der Waals surface area contributed by atoms with Gasteiger partial charge in [0.2, 0.25) is 11.8 Å². The Hall–Kier alpha value is -4.22. The third-order valence-corrected chi connectivity index (χ3v) is 9.60. The maximum atomic E-state index is 13.0. The van der Waals surface area contributed by atoms with Gasteiger partial charge in [-0.3, -0.25) is 14.8 Å². The van der Waals surface area contributed by atoms with Gasteiger partial charge in [0.15, 0.2) is 0 Å². The van der Waals surface area contributed by atoms with Gasteiger partial charge in [-0.1, -0.05) is 26.3 Å². The Balaban J connectivity index is 0.000000260. The van der Waals surface area contributed by atoms with E-state index < -0.39 is 0 Å². The first-order chi connectivity index (χ1) is 22.5. The molecule has 7 heterocycles. The van der Waals surface area contributed by atoms with Gasteiger partial charge in [0.1, 0.15) is 5.82 Å². The number of nitrogen functional groups attached to an aromatic ring is 1. The highest BCUT2D eigenvalue weighted by Crippen LogP contribution is 2.45. The van der Waals surface area contributed by atoms with Crippen molar-refractivity contribution in [3.8, 4) is 21.9 Å². The van der Waals surface area contributed by atoms with Crippen LogP contribution in [0.3, 0.4) is 0 Å². The third kappa shape index (κ3) is 6.80. The molecule has 0 unspecified atom stereocenters. The topological polar surface area (TPSA) is 142 Å². The van der Waals surface area contributed by atoms with Gasteiger partial charge in [0, 0.05) is 48.7 Å². The summed E-state index contributed by atoms with van der Waals surface area (Å²) in [5.74, 6) is 1.76. The molecule has 0 radical (unpaired) electrons. The molecule has 0 aromatic carbocycles. The van der Waals surface area contributed by atoms with Gasteiger partial charge in [0.05, 0.1) is 33.8 Å². The van der Waals surface area contributed by atoms with Crippen LogP contribution in [-0.2, 0) is 30.5 Å². The zero-order valence-electron chi connectivity index (χ0n) is 26.8. The summed E-state index contributed by atoms with van der Waals surface area (Å²) < 4.78 is 12.3. The molecule has 5 aromatic rings. The van der Waals surface area contributed by atoms with E-state index in [2.05, 4.69) is 45.4 Å². The summed E-state index contributed by atoms with van der Waals surface area (Å²) in [7, 11) is 0. The molecule has 1 amide bonds. The number of thiophene rings is 1. The van der Waals surface area contributed by atoms with E-state index in [0.717, 1.165) is 76.4 Å². The first kappa shape index (κ1) is 31.7. The van der Waals surface area contributed by atoms with Crippen molar-refractivity contribution in [1.29, 1.82) is 0 Å². The molecule has 1 aliphatic carbocycles. The summed E-state index contributed by atoms with van der Waals surface area (Å²) in [5.41, 5.74) is 12.7. The molecule has 0 atom stereocenters. The zero-order valence-corrected chi connectivity index (χ0v) is 27.6. The number of amides is 1. The average Bonchev–Trinajstić information content (AvgIpc) is 3.88. The Morgan fingerprint density at radius 1 is 1.02 bits per heavy atom. The lowest BCUT2D eigenvalue weighted by Gasteiger charge is -2.22. The van der Waals surface area contributed by atoms with Crippen LogP contribution in [0, 0.1) is 12.8 Å². The number of aryl methyl sites for hydroxylation is 4. The predicted octanol–water partition coefficient (Wildman–Crippen LogP) is 6.89. The Morgan fingerprint density at radius 3 is 2.59 bits per heavy atom. The Labute approximate surface area is 273 Å². The average molecular weight is 640 g/mol. The van der Waals surface area contributed by atoms with Crippen molar-refractivity contribution >= 4 is 33.1 Å². The Kier molecular flexibility index (Phi) is 9.99. The lowest BCUT2D eigenvalue weighted by atomic mass is 9.90. The first-order valence-corrected chi connectivity index (χ1v) is 17.1. The van der Waals surface area contributed by atoms with Crippen molar-refractivity contribution in [1.82, 2.24) is 30.5 Å². The molecule has 5 aromatic heterocycles. The molecule has 11 heteroatoms. The number of aromatic nitrogens is 5. The predicted molar refractivity (Wildman–Crippen MR) is 181 cm³/mol. The summed E-state index contributed by atoms with van der Waals surface area (Å²) >= 11 is 1.51. The minimum Gasteiger partial charge on any atom is -0.421 e. The normalized spacial score (nSPS) is 15.4. The number of nitrogens with one attached hydrogen (secondary N) is 1. The molecular weight excluding hydrogens is 598 g/mol. The highest BCUT2D eigenvalue weighted by atomic mass is 32.1. The molecule has 240 valence electrons. The summed E-state index contributed by atoms with van der Waals surface area (Å²) in [4.78, 5) is 27.3. The van der Waals surface area contributed by atoms with Crippen LogP contribution in [0.15, 0.2) is 41.1 Å². The molecule has 1 saturated heterocycles. The van der Waals surface area contributed by atoms with Crippen molar-refractivity contribution in [2.75, 3.05) is 18.9 Å². The van der Waals surface area contributed by atoms with Crippen LogP contribution in [0.4, 0.5) is 5.82 Å². The van der Waals surface area contributed by atoms with E-state index in [1.54, 1.807) is 13.1 Å².